The van der Waals surface area contributed by atoms with Gasteiger partial charge in [-0.15, -0.1) is 0 Å². The molecule has 3 heteroatoms. The van der Waals surface area contributed by atoms with E-state index in [4.69, 9.17) is 9.47 Å². The normalized spacial score (nSPS) is 44.1. The summed E-state index contributed by atoms with van der Waals surface area (Å²) in [6.45, 7) is 5.58. The fourth-order valence-electron chi connectivity index (χ4n) is 2.45. The lowest BCUT2D eigenvalue weighted by Crippen LogP contribution is -2.48. The quantitative estimate of drug-likeness (QED) is 0.617. The molecule has 1 aliphatic carbocycles. The van der Waals surface area contributed by atoms with Crippen LogP contribution in [0.25, 0.3) is 0 Å². The number of rotatable bonds is 0. The minimum absolute atomic E-state index is 0.187. The van der Waals surface area contributed by atoms with Crippen LogP contribution < -0.4 is 0 Å². The third-order valence-corrected chi connectivity index (χ3v) is 3.65. The van der Waals surface area contributed by atoms with Crippen LogP contribution >= 0.6 is 0 Å². The summed E-state index contributed by atoms with van der Waals surface area (Å²) in [4.78, 5) is 0. The average molecular weight is 186 g/mol. The van der Waals surface area contributed by atoms with E-state index in [0.29, 0.717) is 19.1 Å². The summed E-state index contributed by atoms with van der Waals surface area (Å²) in [5.74, 6) is 0.184. The SMILES string of the molecule is CC1C(O)CCC2(OCCO2)C1C. The zero-order valence-electron chi connectivity index (χ0n) is 8.32. The van der Waals surface area contributed by atoms with E-state index >= 15 is 0 Å². The van der Waals surface area contributed by atoms with Crippen molar-refractivity contribution in [3.05, 3.63) is 0 Å². The molecular formula is C10H18O3. The molecule has 2 rings (SSSR count). The Morgan fingerprint density at radius 1 is 1.23 bits per heavy atom. The first kappa shape index (κ1) is 9.44. The maximum Gasteiger partial charge on any atom is 0.171 e. The van der Waals surface area contributed by atoms with Crippen molar-refractivity contribution in [2.45, 2.75) is 38.6 Å². The second-order valence-electron chi connectivity index (χ2n) is 4.26. The Hall–Kier alpha value is -0.120. The first-order valence-electron chi connectivity index (χ1n) is 5.12. The molecule has 2 fully saturated rings. The lowest BCUT2D eigenvalue weighted by Gasteiger charge is -2.43. The number of ether oxygens (including phenoxy) is 2. The number of aliphatic hydroxyl groups is 1. The smallest absolute Gasteiger partial charge is 0.171 e. The molecule has 3 atom stereocenters. The third kappa shape index (κ3) is 1.39. The molecule has 1 heterocycles. The van der Waals surface area contributed by atoms with Crippen LogP contribution in [-0.2, 0) is 9.47 Å². The van der Waals surface area contributed by atoms with Gasteiger partial charge >= 0.3 is 0 Å². The molecule has 3 nitrogen and oxygen atoms in total. The van der Waals surface area contributed by atoms with Gasteiger partial charge in [-0.25, -0.2) is 0 Å². The third-order valence-electron chi connectivity index (χ3n) is 3.65. The van der Waals surface area contributed by atoms with Gasteiger partial charge in [0, 0.05) is 12.3 Å². The van der Waals surface area contributed by atoms with Gasteiger partial charge in [-0.2, -0.15) is 0 Å². The monoisotopic (exact) mass is 186 g/mol. The molecule has 1 aliphatic heterocycles. The van der Waals surface area contributed by atoms with Crippen molar-refractivity contribution in [3.63, 3.8) is 0 Å². The molecule has 2 aliphatic rings. The highest BCUT2D eigenvalue weighted by atomic mass is 16.7. The minimum atomic E-state index is -0.376. The van der Waals surface area contributed by atoms with Gasteiger partial charge in [0.05, 0.1) is 19.3 Å². The summed E-state index contributed by atoms with van der Waals surface area (Å²) in [6, 6.07) is 0. The second kappa shape index (κ2) is 3.23. The number of hydrogen-bond acceptors (Lipinski definition) is 3. The Balaban J connectivity index is 2.13. The van der Waals surface area contributed by atoms with Crippen molar-refractivity contribution in [1.82, 2.24) is 0 Å². The van der Waals surface area contributed by atoms with Crippen molar-refractivity contribution in [2.24, 2.45) is 11.8 Å². The van der Waals surface area contributed by atoms with Crippen LogP contribution in [0, 0.1) is 11.8 Å². The summed E-state index contributed by atoms with van der Waals surface area (Å²) >= 11 is 0. The molecule has 0 aromatic carbocycles. The lowest BCUT2D eigenvalue weighted by atomic mass is 9.75. The van der Waals surface area contributed by atoms with Crippen LogP contribution in [-0.4, -0.2) is 30.2 Å². The zero-order valence-corrected chi connectivity index (χ0v) is 8.32. The zero-order chi connectivity index (χ0) is 9.47. The van der Waals surface area contributed by atoms with Crippen LogP contribution in [0.5, 0.6) is 0 Å². The first-order valence-corrected chi connectivity index (χ1v) is 5.12. The van der Waals surface area contributed by atoms with E-state index in [-0.39, 0.29) is 17.8 Å². The molecule has 0 aromatic heterocycles. The molecule has 1 N–H and O–H groups in total. The summed E-state index contributed by atoms with van der Waals surface area (Å²) in [7, 11) is 0. The first-order chi connectivity index (χ1) is 6.16. The van der Waals surface area contributed by atoms with Crippen LogP contribution in [0.1, 0.15) is 26.7 Å². The standard InChI is InChI=1S/C10H18O3/c1-7-8(2)10(4-3-9(7)11)12-5-6-13-10/h7-9,11H,3-6H2,1-2H3. The van der Waals surface area contributed by atoms with Gasteiger partial charge in [-0.05, 0) is 12.3 Å². The largest absolute Gasteiger partial charge is 0.393 e. The number of hydrogen-bond donors (Lipinski definition) is 1. The molecular weight excluding hydrogens is 168 g/mol. The molecule has 0 bridgehead atoms. The fraction of sp³-hybridized carbons (Fsp3) is 1.00. The van der Waals surface area contributed by atoms with Crippen molar-refractivity contribution in [2.75, 3.05) is 13.2 Å². The molecule has 3 unspecified atom stereocenters. The van der Waals surface area contributed by atoms with E-state index in [9.17, 15) is 5.11 Å². The van der Waals surface area contributed by atoms with Gasteiger partial charge in [0.1, 0.15) is 0 Å². The van der Waals surface area contributed by atoms with Crippen molar-refractivity contribution in [3.8, 4) is 0 Å². The van der Waals surface area contributed by atoms with Crippen molar-refractivity contribution >= 4 is 0 Å². The second-order valence-corrected chi connectivity index (χ2v) is 4.26. The van der Waals surface area contributed by atoms with E-state index in [1.807, 2.05) is 0 Å². The highest BCUT2D eigenvalue weighted by Gasteiger charge is 2.49. The fourth-order valence-corrected chi connectivity index (χ4v) is 2.45. The maximum absolute atomic E-state index is 9.68. The predicted molar refractivity (Wildman–Crippen MR) is 48.2 cm³/mol. The molecule has 0 aromatic rings. The molecule has 0 radical (unpaired) electrons. The summed E-state index contributed by atoms with van der Waals surface area (Å²) in [6.07, 6.45) is 1.44. The topological polar surface area (TPSA) is 38.7 Å². The van der Waals surface area contributed by atoms with Gasteiger partial charge in [0.15, 0.2) is 5.79 Å². The van der Waals surface area contributed by atoms with Gasteiger partial charge in [-0.1, -0.05) is 13.8 Å². The average Bonchev–Trinajstić information content (AvgIpc) is 2.59. The Bertz CT molecular complexity index is 187. The van der Waals surface area contributed by atoms with Crippen LogP contribution in [0.4, 0.5) is 0 Å². The molecule has 1 spiro atoms. The molecule has 76 valence electrons. The predicted octanol–water partition coefficient (Wildman–Crippen LogP) is 1.16. The molecule has 13 heavy (non-hydrogen) atoms. The van der Waals surface area contributed by atoms with Gasteiger partial charge in [-0.3, -0.25) is 0 Å². The summed E-state index contributed by atoms with van der Waals surface area (Å²) < 4.78 is 11.4. The van der Waals surface area contributed by atoms with E-state index < -0.39 is 0 Å². The highest BCUT2D eigenvalue weighted by Crippen LogP contribution is 2.43. The Labute approximate surface area is 79.0 Å². The van der Waals surface area contributed by atoms with Gasteiger partial charge < -0.3 is 14.6 Å². The minimum Gasteiger partial charge on any atom is -0.393 e. The van der Waals surface area contributed by atoms with Crippen molar-refractivity contribution in [1.29, 1.82) is 0 Å². The highest BCUT2D eigenvalue weighted by molar-refractivity contribution is 4.91. The van der Waals surface area contributed by atoms with E-state index in [2.05, 4.69) is 13.8 Å². The lowest BCUT2D eigenvalue weighted by molar-refractivity contribution is -0.234. The molecule has 1 saturated carbocycles. The molecule has 1 saturated heterocycles. The van der Waals surface area contributed by atoms with Gasteiger partial charge in [0.25, 0.3) is 0 Å². The number of aliphatic hydroxyl groups excluding tert-OH is 1. The van der Waals surface area contributed by atoms with Crippen LogP contribution in [0.15, 0.2) is 0 Å². The summed E-state index contributed by atoms with van der Waals surface area (Å²) in [5.41, 5.74) is 0. The molecule has 0 amide bonds. The maximum atomic E-state index is 9.68. The van der Waals surface area contributed by atoms with E-state index in [0.717, 1.165) is 12.8 Å². The Morgan fingerprint density at radius 3 is 2.46 bits per heavy atom. The van der Waals surface area contributed by atoms with Crippen LogP contribution in [0.2, 0.25) is 0 Å². The van der Waals surface area contributed by atoms with E-state index in [1.165, 1.54) is 0 Å². The Morgan fingerprint density at radius 2 is 1.85 bits per heavy atom. The summed E-state index contributed by atoms with van der Waals surface area (Å²) in [5, 5.41) is 9.68. The Kier molecular flexibility index (Phi) is 2.34. The van der Waals surface area contributed by atoms with Crippen molar-refractivity contribution < 1.29 is 14.6 Å². The van der Waals surface area contributed by atoms with E-state index in [1.54, 1.807) is 0 Å². The van der Waals surface area contributed by atoms with Crippen LogP contribution in [0.3, 0.4) is 0 Å². The van der Waals surface area contributed by atoms with Gasteiger partial charge in [0.2, 0.25) is 0 Å².